The van der Waals surface area contributed by atoms with Gasteiger partial charge in [0.15, 0.2) is 0 Å². The van der Waals surface area contributed by atoms with Crippen molar-refractivity contribution >= 4 is 0 Å². The maximum absolute atomic E-state index is 13.1. The molecular weight excluding hydrogens is 229 g/mol. The minimum Gasteiger partial charge on any atom is -0.334 e. The monoisotopic (exact) mass is 247 g/mol. The van der Waals surface area contributed by atoms with Crippen LogP contribution in [0.4, 0.5) is 4.39 Å². The summed E-state index contributed by atoms with van der Waals surface area (Å²) < 4.78 is 15.2. The van der Waals surface area contributed by atoms with Crippen LogP contribution in [0.3, 0.4) is 0 Å². The first-order valence-electron chi connectivity index (χ1n) is 6.18. The summed E-state index contributed by atoms with van der Waals surface area (Å²) >= 11 is 0. The topological polar surface area (TPSA) is 29.9 Å². The molecule has 0 bridgehead atoms. The third-order valence-electron chi connectivity index (χ3n) is 3.08. The molecule has 1 atom stereocenters. The van der Waals surface area contributed by atoms with Gasteiger partial charge in [0.1, 0.15) is 5.82 Å². The Hall–Kier alpha value is -1.68. The van der Waals surface area contributed by atoms with Crippen LogP contribution >= 0.6 is 0 Å². The molecule has 1 aromatic carbocycles. The molecule has 3 nitrogen and oxygen atoms in total. The molecule has 18 heavy (non-hydrogen) atoms. The van der Waals surface area contributed by atoms with E-state index in [1.165, 1.54) is 6.07 Å². The van der Waals surface area contributed by atoms with Crippen LogP contribution in [0.15, 0.2) is 36.8 Å². The third kappa shape index (κ3) is 2.96. The van der Waals surface area contributed by atoms with Crippen LogP contribution in [0.2, 0.25) is 0 Å². The molecular formula is C14H18FN3. The van der Waals surface area contributed by atoms with Crippen molar-refractivity contribution in [1.29, 1.82) is 0 Å². The number of benzene rings is 1. The average Bonchev–Trinajstić information content (AvgIpc) is 2.83. The van der Waals surface area contributed by atoms with Crippen molar-refractivity contribution in [3.8, 4) is 0 Å². The van der Waals surface area contributed by atoms with E-state index in [2.05, 4.69) is 21.8 Å². The molecule has 0 radical (unpaired) electrons. The number of hydrogen-bond donors (Lipinski definition) is 1. The molecule has 0 aliphatic heterocycles. The minimum absolute atomic E-state index is 0.112. The second kappa shape index (κ2) is 5.78. The Morgan fingerprint density at radius 1 is 1.44 bits per heavy atom. The molecule has 0 aliphatic carbocycles. The van der Waals surface area contributed by atoms with E-state index in [9.17, 15) is 4.39 Å². The summed E-state index contributed by atoms with van der Waals surface area (Å²) in [7, 11) is 0. The second-order valence-electron chi connectivity index (χ2n) is 4.33. The first-order chi connectivity index (χ1) is 8.70. The Kier molecular flexibility index (Phi) is 4.10. The second-order valence-corrected chi connectivity index (χ2v) is 4.33. The summed E-state index contributed by atoms with van der Waals surface area (Å²) in [5, 5.41) is 3.38. The number of rotatable bonds is 5. The highest BCUT2D eigenvalue weighted by atomic mass is 19.1. The summed E-state index contributed by atoms with van der Waals surface area (Å²) in [6, 6.07) is 6.80. The molecule has 1 heterocycles. The number of aryl methyl sites for hydroxylation is 1. The van der Waals surface area contributed by atoms with Gasteiger partial charge in [-0.25, -0.2) is 9.37 Å². The molecule has 0 aliphatic rings. The summed E-state index contributed by atoms with van der Waals surface area (Å²) in [4.78, 5) is 4.12. The van der Waals surface area contributed by atoms with Crippen molar-refractivity contribution in [3.05, 3.63) is 53.9 Å². The number of imidazole rings is 1. The molecule has 0 unspecified atom stereocenters. The van der Waals surface area contributed by atoms with Crippen molar-refractivity contribution in [2.75, 3.05) is 0 Å². The van der Waals surface area contributed by atoms with Crippen molar-refractivity contribution in [1.82, 2.24) is 14.9 Å². The van der Waals surface area contributed by atoms with Crippen molar-refractivity contribution in [3.63, 3.8) is 0 Å². The van der Waals surface area contributed by atoms with Gasteiger partial charge in [-0.15, -0.1) is 0 Å². The van der Waals surface area contributed by atoms with E-state index >= 15 is 0 Å². The van der Waals surface area contributed by atoms with E-state index in [0.717, 1.165) is 24.3 Å². The molecule has 0 saturated heterocycles. The van der Waals surface area contributed by atoms with Gasteiger partial charge in [-0.2, -0.15) is 0 Å². The van der Waals surface area contributed by atoms with Crippen molar-refractivity contribution < 1.29 is 4.39 Å². The minimum atomic E-state index is -0.195. The average molecular weight is 247 g/mol. The summed E-state index contributed by atoms with van der Waals surface area (Å²) in [6.45, 7) is 5.75. The highest BCUT2D eigenvalue weighted by Gasteiger charge is 2.07. The van der Waals surface area contributed by atoms with Gasteiger partial charge >= 0.3 is 0 Å². The molecule has 96 valence electrons. The van der Waals surface area contributed by atoms with E-state index in [4.69, 9.17) is 0 Å². The molecule has 0 spiro atoms. The van der Waals surface area contributed by atoms with Gasteiger partial charge in [-0.1, -0.05) is 12.1 Å². The van der Waals surface area contributed by atoms with Crippen LogP contribution in [0.1, 0.15) is 31.1 Å². The first-order valence-corrected chi connectivity index (χ1v) is 6.18. The Balaban J connectivity index is 1.98. The van der Waals surface area contributed by atoms with Gasteiger partial charge in [0, 0.05) is 25.3 Å². The SMILES string of the molecule is CCn1cncc1CN[C@@H](C)c1cccc(F)c1. The fourth-order valence-electron chi connectivity index (χ4n) is 1.93. The molecule has 2 rings (SSSR count). The number of nitrogens with one attached hydrogen (secondary N) is 1. The van der Waals surface area contributed by atoms with Crippen LogP contribution in [0.25, 0.3) is 0 Å². The zero-order chi connectivity index (χ0) is 13.0. The number of aromatic nitrogens is 2. The fourth-order valence-corrected chi connectivity index (χ4v) is 1.93. The van der Waals surface area contributed by atoms with E-state index < -0.39 is 0 Å². The molecule has 1 N–H and O–H groups in total. The quantitative estimate of drug-likeness (QED) is 0.880. The zero-order valence-corrected chi connectivity index (χ0v) is 10.7. The lowest BCUT2D eigenvalue weighted by atomic mass is 10.1. The van der Waals surface area contributed by atoms with Gasteiger partial charge in [0.25, 0.3) is 0 Å². The number of hydrogen-bond acceptors (Lipinski definition) is 2. The maximum Gasteiger partial charge on any atom is 0.123 e. The van der Waals surface area contributed by atoms with Gasteiger partial charge in [-0.3, -0.25) is 0 Å². The van der Waals surface area contributed by atoms with Crippen molar-refractivity contribution in [2.24, 2.45) is 0 Å². The molecule has 1 aromatic heterocycles. The van der Waals surface area contributed by atoms with E-state index in [1.807, 2.05) is 25.5 Å². The Labute approximate surface area is 107 Å². The highest BCUT2D eigenvalue weighted by Crippen LogP contribution is 2.14. The van der Waals surface area contributed by atoms with Gasteiger partial charge in [0.2, 0.25) is 0 Å². The fraction of sp³-hybridized carbons (Fsp3) is 0.357. The van der Waals surface area contributed by atoms with Crippen molar-refractivity contribution in [2.45, 2.75) is 33.0 Å². The van der Waals surface area contributed by atoms with Crippen LogP contribution in [-0.4, -0.2) is 9.55 Å². The molecule has 0 saturated carbocycles. The van der Waals surface area contributed by atoms with E-state index in [0.29, 0.717) is 0 Å². The molecule has 0 amide bonds. The normalized spacial score (nSPS) is 12.6. The van der Waals surface area contributed by atoms with Gasteiger partial charge in [0.05, 0.1) is 12.0 Å². The molecule has 0 fully saturated rings. The van der Waals surface area contributed by atoms with Crippen LogP contribution < -0.4 is 5.32 Å². The smallest absolute Gasteiger partial charge is 0.123 e. The van der Waals surface area contributed by atoms with Crippen LogP contribution in [0.5, 0.6) is 0 Å². The Bertz CT molecular complexity index is 507. The zero-order valence-electron chi connectivity index (χ0n) is 10.7. The number of halogens is 1. The summed E-state index contributed by atoms with van der Waals surface area (Å²) in [5.74, 6) is -0.195. The van der Waals surface area contributed by atoms with Gasteiger partial charge in [-0.05, 0) is 31.5 Å². The standard InChI is InChI=1S/C14H18FN3/c1-3-18-10-16-8-14(18)9-17-11(2)12-5-4-6-13(15)7-12/h4-8,10-11,17H,3,9H2,1-2H3/t11-/m0/s1. The lowest BCUT2D eigenvalue weighted by molar-refractivity contribution is 0.544. The lowest BCUT2D eigenvalue weighted by Crippen LogP contribution is -2.20. The maximum atomic E-state index is 13.1. The number of nitrogens with zero attached hydrogens (tertiary/aromatic N) is 2. The first kappa shape index (κ1) is 12.8. The van der Waals surface area contributed by atoms with Crippen LogP contribution in [0, 0.1) is 5.82 Å². The van der Waals surface area contributed by atoms with E-state index in [-0.39, 0.29) is 11.9 Å². The predicted octanol–water partition coefficient (Wildman–Crippen LogP) is 2.89. The summed E-state index contributed by atoms with van der Waals surface area (Å²) in [6.07, 6.45) is 3.68. The van der Waals surface area contributed by atoms with Crippen LogP contribution in [-0.2, 0) is 13.1 Å². The molecule has 2 aromatic rings. The summed E-state index contributed by atoms with van der Waals surface area (Å²) in [5.41, 5.74) is 2.10. The largest absolute Gasteiger partial charge is 0.334 e. The third-order valence-corrected chi connectivity index (χ3v) is 3.08. The Morgan fingerprint density at radius 3 is 3.00 bits per heavy atom. The van der Waals surface area contributed by atoms with Gasteiger partial charge < -0.3 is 9.88 Å². The predicted molar refractivity (Wildman–Crippen MR) is 69.6 cm³/mol. The highest BCUT2D eigenvalue weighted by molar-refractivity contribution is 5.19. The molecule has 4 heteroatoms. The lowest BCUT2D eigenvalue weighted by Gasteiger charge is -2.15. The Morgan fingerprint density at radius 2 is 2.28 bits per heavy atom. The van der Waals surface area contributed by atoms with E-state index in [1.54, 1.807) is 12.1 Å².